The summed E-state index contributed by atoms with van der Waals surface area (Å²) in [7, 11) is -0.893. The van der Waals surface area contributed by atoms with Crippen LogP contribution in [0.1, 0.15) is 17.3 Å². The Hall–Kier alpha value is -2.54. The second-order valence-electron chi connectivity index (χ2n) is 4.88. The van der Waals surface area contributed by atoms with Crippen molar-refractivity contribution >= 4 is 21.7 Å². The number of carbonyl (C=O) groups excluding carboxylic acids is 1. The Morgan fingerprint density at radius 1 is 1.00 bits per heavy atom. The van der Waals surface area contributed by atoms with Crippen LogP contribution in [0.2, 0.25) is 0 Å². The molecule has 0 bridgehead atoms. The minimum Gasteiger partial charge on any atom is -0.497 e. The molecule has 0 heterocycles. The summed E-state index contributed by atoms with van der Waals surface area (Å²) in [5.74, 6) is 0.113. The fourth-order valence-corrected chi connectivity index (χ4v) is 3.72. The van der Waals surface area contributed by atoms with Crippen LogP contribution in [0.3, 0.4) is 0 Å². The van der Waals surface area contributed by atoms with Crippen LogP contribution >= 0.6 is 0 Å². The molecule has 0 atom stereocenters. The molecule has 0 fully saturated rings. The van der Waals surface area contributed by atoms with Crippen LogP contribution in [0.5, 0.6) is 5.75 Å². The van der Waals surface area contributed by atoms with Crippen LogP contribution in [0.4, 0.5) is 5.69 Å². The zero-order valence-corrected chi connectivity index (χ0v) is 14.5. The van der Waals surface area contributed by atoms with Gasteiger partial charge in [-0.3, -0.25) is 4.31 Å². The van der Waals surface area contributed by atoms with E-state index in [1.54, 1.807) is 31.2 Å². The average molecular weight is 349 g/mol. The second kappa shape index (κ2) is 7.35. The third-order valence-corrected chi connectivity index (χ3v) is 5.43. The van der Waals surface area contributed by atoms with Crippen molar-refractivity contribution in [3.8, 4) is 5.75 Å². The number of methoxy groups -OCH3 is 2. The van der Waals surface area contributed by atoms with E-state index in [4.69, 9.17) is 4.74 Å². The maximum absolute atomic E-state index is 12.8. The van der Waals surface area contributed by atoms with Gasteiger partial charge in [0.2, 0.25) is 0 Å². The van der Waals surface area contributed by atoms with Crippen molar-refractivity contribution in [1.82, 2.24) is 0 Å². The van der Waals surface area contributed by atoms with Gasteiger partial charge in [-0.1, -0.05) is 0 Å². The Morgan fingerprint density at radius 3 is 2.04 bits per heavy atom. The minimum atomic E-state index is -3.71. The summed E-state index contributed by atoms with van der Waals surface area (Å²) in [6.45, 7) is 2.00. The molecule has 0 spiro atoms. The molecular weight excluding hydrogens is 330 g/mol. The Labute approximate surface area is 141 Å². The monoisotopic (exact) mass is 349 g/mol. The lowest BCUT2D eigenvalue weighted by atomic mass is 10.2. The normalized spacial score (nSPS) is 11.0. The van der Waals surface area contributed by atoms with Gasteiger partial charge in [0.1, 0.15) is 5.75 Å². The maximum Gasteiger partial charge on any atom is 0.337 e. The minimum absolute atomic E-state index is 0.169. The Balaban J connectivity index is 2.36. The molecule has 0 saturated carbocycles. The highest BCUT2D eigenvalue weighted by Crippen LogP contribution is 2.25. The third kappa shape index (κ3) is 3.51. The molecule has 128 valence electrons. The van der Waals surface area contributed by atoms with E-state index in [0.29, 0.717) is 17.0 Å². The van der Waals surface area contributed by atoms with Gasteiger partial charge in [-0.25, -0.2) is 13.2 Å². The summed E-state index contributed by atoms with van der Waals surface area (Å²) in [4.78, 5) is 11.6. The standard InChI is InChI=1S/C17H19NO5S/c1-4-18(14-7-5-13(6-8-14)17(19)23-3)24(20,21)16-11-9-15(22-2)10-12-16/h5-12H,4H2,1-3H3. The molecule has 0 unspecified atom stereocenters. The molecule has 2 rings (SSSR count). The lowest BCUT2D eigenvalue weighted by Crippen LogP contribution is -2.30. The van der Waals surface area contributed by atoms with Gasteiger partial charge in [-0.2, -0.15) is 0 Å². The summed E-state index contributed by atoms with van der Waals surface area (Å²) in [6, 6.07) is 12.4. The van der Waals surface area contributed by atoms with E-state index in [2.05, 4.69) is 4.74 Å². The molecule has 0 N–H and O–H groups in total. The second-order valence-corrected chi connectivity index (χ2v) is 6.75. The predicted molar refractivity (Wildman–Crippen MR) is 91.0 cm³/mol. The number of hydrogen-bond donors (Lipinski definition) is 0. The van der Waals surface area contributed by atoms with Gasteiger partial charge in [0, 0.05) is 6.54 Å². The van der Waals surface area contributed by atoms with Crippen LogP contribution in [0.25, 0.3) is 0 Å². The number of ether oxygens (including phenoxy) is 2. The van der Waals surface area contributed by atoms with Crippen molar-refractivity contribution in [3.05, 3.63) is 54.1 Å². The van der Waals surface area contributed by atoms with E-state index in [1.807, 2.05) is 0 Å². The van der Waals surface area contributed by atoms with Crippen molar-refractivity contribution in [2.45, 2.75) is 11.8 Å². The molecule has 7 heteroatoms. The molecule has 2 aromatic carbocycles. The van der Waals surface area contributed by atoms with Crippen molar-refractivity contribution in [3.63, 3.8) is 0 Å². The first-order chi connectivity index (χ1) is 11.4. The van der Waals surface area contributed by atoms with Gasteiger partial charge < -0.3 is 9.47 Å². The van der Waals surface area contributed by atoms with E-state index in [-0.39, 0.29) is 11.4 Å². The molecule has 0 saturated heterocycles. The summed E-state index contributed by atoms with van der Waals surface area (Å²) in [5, 5.41) is 0. The van der Waals surface area contributed by atoms with Crippen molar-refractivity contribution in [2.24, 2.45) is 0 Å². The summed E-state index contributed by atoms with van der Waals surface area (Å²) in [6.07, 6.45) is 0. The fraction of sp³-hybridized carbons (Fsp3) is 0.235. The van der Waals surface area contributed by atoms with Gasteiger partial charge in [0.05, 0.1) is 30.4 Å². The highest BCUT2D eigenvalue weighted by atomic mass is 32.2. The Kier molecular flexibility index (Phi) is 5.46. The lowest BCUT2D eigenvalue weighted by molar-refractivity contribution is 0.0601. The van der Waals surface area contributed by atoms with Crippen LogP contribution in [-0.4, -0.2) is 35.2 Å². The van der Waals surface area contributed by atoms with Crippen molar-refractivity contribution in [1.29, 1.82) is 0 Å². The first-order valence-corrected chi connectivity index (χ1v) is 8.73. The first kappa shape index (κ1) is 17.8. The molecular formula is C17H19NO5S. The first-order valence-electron chi connectivity index (χ1n) is 7.29. The third-order valence-electron chi connectivity index (χ3n) is 3.51. The van der Waals surface area contributed by atoms with E-state index in [9.17, 15) is 13.2 Å². The number of esters is 1. The van der Waals surface area contributed by atoms with Crippen LogP contribution in [-0.2, 0) is 14.8 Å². The number of benzene rings is 2. The lowest BCUT2D eigenvalue weighted by Gasteiger charge is -2.23. The molecule has 6 nitrogen and oxygen atoms in total. The van der Waals surface area contributed by atoms with Gasteiger partial charge in [-0.05, 0) is 55.5 Å². The molecule has 0 aromatic heterocycles. The Morgan fingerprint density at radius 2 is 1.58 bits per heavy atom. The number of hydrogen-bond acceptors (Lipinski definition) is 5. The molecule has 24 heavy (non-hydrogen) atoms. The number of sulfonamides is 1. The number of nitrogens with zero attached hydrogens (tertiary/aromatic N) is 1. The summed E-state index contributed by atoms with van der Waals surface area (Å²) < 4.78 is 36.6. The van der Waals surface area contributed by atoms with Crippen molar-refractivity contribution < 1.29 is 22.7 Å². The van der Waals surface area contributed by atoms with E-state index in [1.165, 1.54) is 42.8 Å². The van der Waals surface area contributed by atoms with E-state index < -0.39 is 16.0 Å². The number of anilines is 1. The number of carbonyl (C=O) groups is 1. The zero-order valence-electron chi connectivity index (χ0n) is 13.7. The van der Waals surface area contributed by atoms with Crippen LogP contribution in [0, 0.1) is 0 Å². The maximum atomic E-state index is 12.8. The van der Waals surface area contributed by atoms with Crippen molar-refractivity contribution in [2.75, 3.05) is 25.1 Å². The van der Waals surface area contributed by atoms with Crippen LogP contribution < -0.4 is 9.04 Å². The molecule has 0 radical (unpaired) electrons. The number of rotatable bonds is 6. The largest absolute Gasteiger partial charge is 0.497 e. The quantitative estimate of drug-likeness (QED) is 0.750. The van der Waals surface area contributed by atoms with Gasteiger partial charge in [0.25, 0.3) is 10.0 Å². The summed E-state index contributed by atoms with van der Waals surface area (Å²) in [5.41, 5.74) is 0.833. The van der Waals surface area contributed by atoms with Crippen LogP contribution in [0.15, 0.2) is 53.4 Å². The fourth-order valence-electron chi connectivity index (χ4n) is 2.25. The molecule has 0 aliphatic carbocycles. The SMILES string of the molecule is CCN(c1ccc(C(=O)OC)cc1)S(=O)(=O)c1ccc(OC)cc1. The highest BCUT2D eigenvalue weighted by molar-refractivity contribution is 7.92. The topological polar surface area (TPSA) is 72.9 Å². The molecule has 0 amide bonds. The predicted octanol–water partition coefficient (Wildman–Crippen LogP) is 2.70. The molecule has 0 aliphatic heterocycles. The van der Waals surface area contributed by atoms with E-state index in [0.717, 1.165) is 0 Å². The van der Waals surface area contributed by atoms with E-state index >= 15 is 0 Å². The van der Waals surface area contributed by atoms with Gasteiger partial charge in [-0.15, -0.1) is 0 Å². The molecule has 0 aliphatic rings. The van der Waals surface area contributed by atoms with Gasteiger partial charge >= 0.3 is 5.97 Å². The summed E-state index contributed by atoms with van der Waals surface area (Å²) >= 11 is 0. The zero-order chi connectivity index (χ0) is 17.7. The smallest absolute Gasteiger partial charge is 0.337 e. The molecule has 2 aromatic rings. The van der Waals surface area contributed by atoms with Gasteiger partial charge in [0.15, 0.2) is 0 Å². The highest BCUT2D eigenvalue weighted by Gasteiger charge is 2.23. The average Bonchev–Trinajstić information content (AvgIpc) is 2.62. The Bertz CT molecular complexity index is 798.